The molecule has 3 aromatic rings. The Morgan fingerprint density at radius 1 is 1.23 bits per heavy atom. The van der Waals surface area contributed by atoms with Crippen LogP contribution in [0.5, 0.6) is 5.75 Å². The lowest BCUT2D eigenvalue weighted by Gasteiger charge is -2.16. The van der Waals surface area contributed by atoms with Gasteiger partial charge in [-0.25, -0.2) is 4.39 Å². The molecule has 0 bridgehead atoms. The van der Waals surface area contributed by atoms with Gasteiger partial charge in [-0.15, -0.1) is 0 Å². The predicted molar refractivity (Wildman–Crippen MR) is 116 cm³/mol. The molecule has 0 saturated carbocycles. The SMILES string of the molecule is COc1ccc2[nH]cc(CCNC(=O)C3CC(=O)N(CCc4ccc(F)cc4)C3)c2c1. The number of nitrogens with zero attached hydrogens (tertiary/aromatic N) is 1. The molecular weight excluding hydrogens is 397 g/mol. The van der Waals surface area contributed by atoms with E-state index in [4.69, 9.17) is 4.74 Å². The lowest BCUT2D eigenvalue weighted by atomic mass is 10.1. The Kier molecular flexibility index (Phi) is 6.21. The third-order valence-electron chi connectivity index (χ3n) is 5.84. The van der Waals surface area contributed by atoms with Crippen molar-refractivity contribution in [2.75, 3.05) is 26.7 Å². The standard InChI is InChI=1S/C24H26FN3O3/c1-31-20-6-7-22-21(13-20)17(14-27-22)8-10-26-24(30)18-12-23(29)28(15-18)11-9-16-2-4-19(25)5-3-16/h2-7,13-14,18,27H,8-12,15H2,1H3,(H,26,30). The van der Waals surface area contributed by atoms with Crippen LogP contribution in [-0.2, 0) is 22.4 Å². The van der Waals surface area contributed by atoms with Gasteiger partial charge in [0, 0.05) is 43.2 Å². The molecular formula is C24H26FN3O3. The summed E-state index contributed by atoms with van der Waals surface area (Å²) < 4.78 is 18.3. The van der Waals surface area contributed by atoms with E-state index in [0.29, 0.717) is 32.5 Å². The van der Waals surface area contributed by atoms with Crippen molar-refractivity contribution in [3.8, 4) is 5.75 Å². The van der Waals surface area contributed by atoms with E-state index in [-0.39, 0.29) is 30.0 Å². The fourth-order valence-electron chi connectivity index (χ4n) is 4.04. The number of likely N-dealkylation sites (tertiary alicyclic amines) is 1. The molecule has 162 valence electrons. The molecule has 0 aliphatic carbocycles. The molecule has 6 nitrogen and oxygen atoms in total. The number of carbonyl (C=O) groups excluding carboxylic acids is 2. The van der Waals surface area contributed by atoms with Crippen molar-refractivity contribution in [2.45, 2.75) is 19.3 Å². The summed E-state index contributed by atoms with van der Waals surface area (Å²) in [6.45, 7) is 1.46. The minimum Gasteiger partial charge on any atom is -0.497 e. The number of methoxy groups -OCH3 is 1. The van der Waals surface area contributed by atoms with Crippen molar-refractivity contribution in [3.05, 3.63) is 65.6 Å². The number of benzene rings is 2. The van der Waals surface area contributed by atoms with Gasteiger partial charge in [-0.2, -0.15) is 0 Å². The Balaban J connectivity index is 1.26. The van der Waals surface area contributed by atoms with E-state index < -0.39 is 0 Å². The number of nitrogens with one attached hydrogen (secondary N) is 2. The number of ether oxygens (including phenoxy) is 1. The first kappa shape index (κ1) is 20.9. The summed E-state index contributed by atoms with van der Waals surface area (Å²) in [7, 11) is 1.64. The largest absolute Gasteiger partial charge is 0.497 e. The fraction of sp³-hybridized carbons (Fsp3) is 0.333. The second-order valence-corrected chi connectivity index (χ2v) is 7.88. The topological polar surface area (TPSA) is 74.4 Å². The summed E-state index contributed by atoms with van der Waals surface area (Å²) in [5.41, 5.74) is 3.11. The van der Waals surface area contributed by atoms with Gasteiger partial charge in [0.15, 0.2) is 0 Å². The zero-order valence-electron chi connectivity index (χ0n) is 17.5. The van der Waals surface area contributed by atoms with Crippen LogP contribution in [0, 0.1) is 11.7 Å². The van der Waals surface area contributed by atoms with Gasteiger partial charge in [0.2, 0.25) is 11.8 Å². The molecule has 1 atom stereocenters. The minimum atomic E-state index is -0.330. The van der Waals surface area contributed by atoms with Crippen molar-refractivity contribution in [2.24, 2.45) is 5.92 Å². The van der Waals surface area contributed by atoms with E-state index in [1.807, 2.05) is 24.4 Å². The number of aromatic nitrogens is 1. The summed E-state index contributed by atoms with van der Waals surface area (Å²) in [6.07, 6.45) is 3.52. The highest BCUT2D eigenvalue weighted by Gasteiger charge is 2.33. The Hall–Kier alpha value is -3.35. The highest BCUT2D eigenvalue weighted by molar-refractivity contribution is 5.89. The Bertz CT molecular complexity index is 1080. The van der Waals surface area contributed by atoms with Gasteiger partial charge in [0.1, 0.15) is 11.6 Å². The number of rotatable bonds is 8. The van der Waals surface area contributed by atoms with Crippen LogP contribution in [0.4, 0.5) is 4.39 Å². The highest BCUT2D eigenvalue weighted by Crippen LogP contribution is 2.24. The number of hydrogen-bond donors (Lipinski definition) is 2. The zero-order valence-corrected chi connectivity index (χ0v) is 17.5. The third-order valence-corrected chi connectivity index (χ3v) is 5.84. The molecule has 2 N–H and O–H groups in total. The summed E-state index contributed by atoms with van der Waals surface area (Å²) >= 11 is 0. The summed E-state index contributed by atoms with van der Waals surface area (Å²) in [5, 5.41) is 4.05. The molecule has 7 heteroatoms. The Morgan fingerprint density at radius 3 is 2.81 bits per heavy atom. The molecule has 1 aliphatic heterocycles. The van der Waals surface area contributed by atoms with E-state index in [9.17, 15) is 14.0 Å². The number of amides is 2. The monoisotopic (exact) mass is 423 g/mol. The van der Waals surface area contributed by atoms with Gasteiger partial charge in [-0.3, -0.25) is 9.59 Å². The van der Waals surface area contributed by atoms with Crippen LogP contribution in [0.1, 0.15) is 17.5 Å². The number of halogens is 1. The maximum atomic E-state index is 13.0. The van der Waals surface area contributed by atoms with E-state index in [1.165, 1.54) is 12.1 Å². The average Bonchev–Trinajstić information content (AvgIpc) is 3.36. The molecule has 31 heavy (non-hydrogen) atoms. The first-order valence-electron chi connectivity index (χ1n) is 10.5. The van der Waals surface area contributed by atoms with Crippen LogP contribution in [0.2, 0.25) is 0 Å². The van der Waals surface area contributed by atoms with Gasteiger partial charge in [-0.05, 0) is 54.3 Å². The van der Waals surface area contributed by atoms with Gasteiger partial charge < -0.3 is 19.9 Å². The predicted octanol–water partition coefficient (Wildman–Crippen LogP) is 3.07. The van der Waals surface area contributed by atoms with Crippen molar-refractivity contribution < 1.29 is 18.7 Å². The zero-order chi connectivity index (χ0) is 21.8. The first-order chi connectivity index (χ1) is 15.0. The van der Waals surface area contributed by atoms with Crippen molar-refractivity contribution in [1.82, 2.24) is 15.2 Å². The second kappa shape index (κ2) is 9.20. The molecule has 1 unspecified atom stereocenters. The highest BCUT2D eigenvalue weighted by atomic mass is 19.1. The van der Waals surface area contributed by atoms with Crippen LogP contribution in [0.15, 0.2) is 48.7 Å². The van der Waals surface area contributed by atoms with Crippen LogP contribution >= 0.6 is 0 Å². The molecule has 1 fully saturated rings. The van der Waals surface area contributed by atoms with Crippen LogP contribution in [-0.4, -0.2) is 48.4 Å². The number of H-pyrrole nitrogens is 1. The van der Waals surface area contributed by atoms with Crippen LogP contribution in [0.25, 0.3) is 10.9 Å². The van der Waals surface area contributed by atoms with E-state index in [1.54, 1.807) is 24.1 Å². The van der Waals surface area contributed by atoms with Gasteiger partial charge >= 0.3 is 0 Å². The maximum absolute atomic E-state index is 13.0. The van der Waals surface area contributed by atoms with E-state index >= 15 is 0 Å². The molecule has 0 spiro atoms. The number of carbonyl (C=O) groups is 2. The van der Waals surface area contributed by atoms with Crippen molar-refractivity contribution in [1.29, 1.82) is 0 Å². The lowest BCUT2D eigenvalue weighted by Crippen LogP contribution is -2.34. The molecule has 1 aromatic heterocycles. The molecule has 2 heterocycles. The number of hydrogen-bond acceptors (Lipinski definition) is 3. The molecule has 4 rings (SSSR count). The Labute approximate surface area is 180 Å². The lowest BCUT2D eigenvalue weighted by molar-refractivity contribution is -0.129. The smallest absolute Gasteiger partial charge is 0.225 e. The molecule has 0 radical (unpaired) electrons. The minimum absolute atomic E-state index is 0.00835. The second-order valence-electron chi connectivity index (χ2n) is 7.88. The van der Waals surface area contributed by atoms with Gasteiger partial charge in [0.05, 0.1) is 13.0 Å². The molecule has 1 saturated heterocycles. The first-order valence-corrected chi connectivity index (χ1v) is 10.5. The third kappa shape index (κ3) is 4.87. The van der Waals surface area contributed by atoms with E-state index in [0.717, 1.165) is 27.8 Å². The summed E-state index contributed by atoms with van der Waals surface area (Å²) in [5.74, 6) is 0.0944. The van der Waals surface area contributed by atoms with Crippen molar-refractivity contribution in [3.63, 3.8) is 0 Å². The quantitative estimate of drug-likeness (QED) is 0.585. The Morgan fingerprint density at radius 2 is 2.03 bits per heavy atom. The normalized spacial score (nSPS) is 16.1. The average molecular weight is 423 g/mol. The summed E-state index contributed by atoms with van der Waals surface area (Å²) in [6, 6.07) is 12.1. The molecule has 1 aliphatic rings. The van der Waals surface area contributed by atoms with Crippen molar-refractivity contribution >= 4 is 22.7 Å². The van der Waals surface area contributed by atoms with Gasteiger partial charge in [-0.1, -0.05) is 12.1 Å². The fourth-order valence-corrected chi connectivity index (χ4v) is 4.04. The number of fused-ring (bicyclic) bond motifs is 1. The van der Waals surface area contributed by atoms with Gasteiger partial charge in [0.25, 0.3) is 0 Å². The van der Waals surface area contributed by atoms with E-state index in [2.05, 4.69) is 10.3 Å². The molecule has 2 amide bonds. The summed E-state index contributed by atoms with van der Waals surface area (Å²) in [4.78, 5) is 29.8. The maximum Gasteiger partial charge on any atom is 0.225 e. The van der Waals surface area contributed by atoms with Crippen LogP contribution in [0.3, 0.4) is 0 Å². The number of aromatic amines is 1. The molecule has 2 aromatic carbocycles. The van der Waals surface area contributed by atoms with Crippen LogP contribution < -0.4 is 10.1 Å².